The number of aliphatic imine (C=N–C) groups is 1. The van der Waals surface area contributed by atoms with Crippen LogP contribution in [0.25, 0.3) is 0 Å². The van der Waals surface area contributed by atoms with Crippen molar-refractivity contribution in [2.75, 3.05) is 39.4 Å². The number of ether oxygens (including phenoxy) is 1. The molecule has 3 heterocycles. The van der Waals surface area contributed by atoms with Crippen molar-refractivity contribution < 1.29 is 4.74 Å². The van der Waals surface area contributed by atoms with Gasteiger partial charge in [-0.2, -0.15) is 0 Å². The molecule has 1 unspecified atom stereocenters. The number of morpholine rings is 1. The first-order valence-electron chi connectivity index (χ1n) is 9.99. The van der Waals surface area contributed by atoms with Gasteiger partial charge in [-0.1, -0.05) is 19.9 Å². The second kappa shape index (κ2) is 12.8. The second-order valence-electron chi connectivity index (χ2n) is 7.08. The predicted molar refractivity (Wildman–Crippen MR) is 134 cm³/mol. The van der Waals surface area contributed by atoms with Gasteiger partial charge in [-0.25, -0.2) is 9.98 Å². The zero-order valence-electron chi connectivity index (χ0n) is 17.4. The van der Waals surface area contributed by atoms with E-state index in [0.717, 1.165) is 56.1 Å². The van der Waals surface area contributed by atoms with Crippen LogP contribution < -0.4 is 10.6 Å². The van der Waals surface area contributed by atoms with Gasteiger partial charge in [0.2, 0.25) is 0 Å². The minimum Gasteiger partial charge on any atom is -0.379 e. The molecule has 0 bridgehead atoms. The summed E-state index contributed by atoms with van der Waals surface area (Å²) in [6.45, 7) is 12.2. The van der Waals surface area contributed by atoms with Crippen molar-refractivity contribution in [1.29, 1.82) is 0 Å². The molecule has 2 aromatic rings. The Morgan fingerprint density at radius 2 is 2.07 bits per heavy atom. The number of nitrogens with zero attached hydrogens (tertiary/aromatic N) is 3. The number of aromatic nitrogens is 1. The first kappa shape index (κ1) is 24.5. The van der Waals surface area contributed by atoms with E-state index in [0.29, 0.717) is 18.5 Å². The van der Waals surface area contributed by atoms with Crippen LogP contribution in [-0.2, 0) is 11.3 Å². The average molecular weight is 550 g/mol. The number of rotatable bonds is 8. The van der Waals surface area contributed by atoms with Crippen LogP contribution in [0.3, 0.4) is 0 Å². The Labute approximate surface area is 199 Å². The molecule has 1 aliphatic rings. The third kappa shape index (κ3) is 7.46. The van der Waals surface area contributed by atoms with Gasteiger partial charge < -0.3 is 15.4 Å². The van der Waals surface area contributed by atoms with Crippen molar-refractivity contribution in [2.24, 2.45) is 4.99 Å². The van der Waals surface area contributed by atoms with Crippen LogP contribution in [0.1, 0.15) is 48.3 Å². The van der Waals surface area contributed by atoms with Crippen LogP contribution >= 0.6 is 46.7 Å². The minimum atomic E-state index is 0. The van der Waals surface area contributed by atoms with Crippen molar-refractivity contribution >= 4 is 52.6 Å². The van der Waals surface area contributed by atoms with Crippen LogP contribution in [0.15, 0.2) is 27.9 Å². The molecule has 1 atom stereocenters. The maximum absolute atomic E-state index is 5.54. The highest BCUT2D eigenvalue weighted by atomic mass is 127. The van der Waals surface area contributed by atoms with Gasteiger partial charge in [0.25, 0.3) is 0 Å². The molecule has 2 N–H and O–H groups in total. The molecule has 1 aliphatic heterocycles. The van der Waals surface area contributed by atoms with E-state index in [2.05, 4.69) is 64.2 Å². The molecule has 3 rings (SSSR count). The van der Waals surface area contributed by atoms with Crippen molar-refractivity contribution in [3.63, 3.8) is 0 Å². The van der Waals surface area contributed by atoms with Crippen LogP contribution in [0.4, 0.5) is 0 Å². The zero-order valence-corrected chi connectivity index (χ0v) is 21.4. The van der Waals surface area contributed by atoms with Crippen molar-refractivity contribution in [2.45, 2.75) is 39.3 Å². The summed E-state index contributed by atoms with van der Waals surface area (Å²) >= 11 is 3.50. The molecule has 0 saturated carbocycles. The molecule has 2 aromatic heterocycles. The Balaban J connectivity index is 0.00000300. The highest BCUT2D eigenvalue weighted by molar-refractivity contribution is 14.0. The van der Waals surface area contributed by atoms with Gasteiger partial charge in [0.15, 0.2) is 5.96 Å². The summed E-state index contributed by atoms with van der Waals surface area (Å²) in [5.41, 5.74) is 1.15. The molecule has 0 amide bonds. The van der Waals surface area contributed by atoms with Crippen LogP contribution in [0.5, 0.6) is 0 Å². The smallest absolute Gasteiger partial charge is 0.191 e. The lowest BCUT2D eigenvalue weighted by atomic mass is 10.2. The lowest BCUT2D eigenvalue weighted by molar-refractivity contribution is 0.0177. The van der Waals surface area contributed by atoms with Gasteiger partial charge in [0, 0.05) is 36.4 Å². The van der Waals surface area contributed by atoms with E-state index in [1.54, 1.807) is 11.3 Å². The van der Waals surface area contributed by atoms with E-state index >= 15 is 0 Å². The van der Waals surface area contributed by atoms with Crippen LogP contribution in [0.2, 0.25) is 0 Å². The van der Waals surface area contributed by atoms with Crippen LogP contribution in [0, 0.1) is 0 Å². The molecule has 29 heavy (non-hydrogen) atoms. The van der Waals surface area contributed by atoms with E-state index in [1.807, 2.05) is 11.3 Å². The van der Waals surface area contributed by atoms with Crippen molar-refractivity contribution in [3.8, 4) is 0 Å². The topological polar surface area (TPSA) is 61.8 Å². The first-order chi connectivity index (χ1) is 13.7. The lowest BCUT2D eigenvalue weighted by Gasteiger charge is -2.34. The predicted octanol–water partition coefficient (Wildman–Crippen LogP) is 4.07. The zero-order chi connectivity index (χ0) is 19.8. The molecular formula is C20H32IN5OS2. The van der Waals surface area contributed by atoms with Crippen molar-refractivity contribution in [1.82, 2.24) is 20.5 Å². The summed E-state index contributed by atoms with van der Waals surface area (Å²) in [6, 6.07) is 4.68. The molecule has 0 aromatic carbocycles. The standard InChI is InChI=1S/C20H31N5OS2.HI/c1-4-21-20(23-13-19-24-16(14-28-19)15(2)3)22-12-17(18-6-5-11-27-18)25-7-9-26-10-8-25;/h5-6,11,14-15,17H,4,7-10,12-13H2,1-3H3,(H2,21,22,23);1H. The summed E-state index contributed by atoms with van der Waals surface area (Å²) in [5, 5.41) is 12.3. The molecule has 1 fully saturated rings. The Kier molecular flexibility index (Phi) is 10.9. The summed E-state index contributed by atoms with van der Waals surface area (Å²) in [5.74, 6) is 1.30. The van der Waals surface area contributed by atoms with Crippen LogP contribution in [-0.4, -0.2) is 55.2 Å². The number of thiazole rings is 1. The fourth-order valence-corrected chi connectivity index (χ4v) is 4.86. The molecular weight excluding hydrogens is 517 g/mol. The molecule has 9 heteroatoms. The first-order valence-corrected chi connectivity index (χ1v) is 11.7. The average Bonchev–Trinajstić information content (AvgIpc) is 3.39. The van der Waals surface area contributed by atoms with E-state index in [9.17, 15) is 0 Å². The number of halogens is 1. The highest BCUT2D eigenvalue weighted by Gasteiger charge is 2.23. The number of guanidine groups is 1. The fraction of sp³-hybridized carbons (Fsp3) is 0.600. The third-order valence-electron chi connectivity index (χ3n) is 4.70. The van der Waals surface area contributed by atoms with Gasteiger partial charge in [-0.3, -0.25) is 4.90 Å². The Morgan fingerprint density at radius 1 is 1.28 bits per heavy atom. The third-order valence-corrected chi connectivity index (χ3v) is 6.52. The monoisotopic (exact) mass is 549 g/mol. The Bertz CT molecular complexity index is 729. The van der Waals surface area contributed by atoms with Gasteiger partial charge in [0.05, 0.1) is 31.5 Å². The molecule has 162 valence electrons. The van der Waals surface area contributed by atoms with E-state index in [-0.39, 0.29) is 24.0 Å². The van der Waals surface area contributed by atoms with E-state index in [4.69, 9.17) is 9.73 Å². The number of hydrogen-bond acceptors (Lipinski definition) is 6. The molecule has 6 nitrogen and oxygen atoms in total. The SMILES string of the molecule is CCNC(=NCc1nc(C(C)C)cs1)NCC(c1cccs1)N1CCOCC1.I. The summed E-state index contributed by atoms with van der Waals surface area (Å²) in [6.07, 6.45) is 0. The number of thiophene rings is 1. The summed E-state index contributed by atoms with van der Waals surface area (Å²) < 4.78 is 5.54. The summed E-state index contributed by atoms with van der Waals surface area (Å²) in [4.78, 5) is 13.3. The summed E-state index contributed by atoms with van der Waals surface area (Å²) in [7, 11) is 0. The van der Waals surface area contributed by atoms with E-state index < -0.39 is 0 Å². The Morgan fingerprint density at radius 3 is 2.69 bits per heavy atom. The number of hydrogen-bond donors (Lipinski definition) is 2. The largest absolute Gasteiger partial charge is 0.379 e. The molecule has 0 radical (unpaired) electrons. The van der Waals surface area contributed by atoms with Gasteiger partial charge >= 0.3 is 0 Å². The van der Waals surface area contributed by atoms with Gasteiger partial charge in [-0.15, -0.1) is 46.7 Å². The molecule has 0 spiro atoms. The molecule has 1 saturated heterocycles. The normalized spacial score (nSPS) is 16.5. The van der Waals surface area contributed by atoms with E-state index in [1.165, 1.54) is 4.88 Å². The van der Waals surface area contributed by atoms with Gasteiger partial charge in [0.1, 0.15) is 5.01 Å². The second-order valence-corrected chi connectivity index (χ2v) is 9.00. The van der Waals surface area contributed by atoms with Gasteiger partial charge in [-0.05, 0) is 24.3 Å². The van der Waals surface area contributed by atoms with Crippen molar-refractivity contribution in [3.05, 3.63) is 38.5 Å². The highest BCUT2D eigenvalue weighted by Crippen LogP contribution is 2.25. The maximum atomic E-state index is 5.54. The molecule has 0 aliphatic carbocycles. The maximum Gasteiger partial charge on any atom is 0.191 e. The lowest BCUT2D eigenvalue weighted by Crippen LogP contribution is -2.46. The quantitative estimate of drug-likeness (QED) is 0.295. The fourth-order valence-electron chi connectivity index (χ4n) is 3.12. The number of nitrogens with one attached hydrogen (secondary N) is 2. The Hall–Kier alpha value is -0.750. The minimum absolute atomic E-state index is 0.